The highest BCUT2D eigenvalue weighted by atomic mass is 16.3. The minimum absolute atomic E-state index is 0.0931. The van der Waals surface area contributed by atoms with Gasteiger partial charge in [0.1, 0.15) is 0 Å². The van der Waals surface area contributed by atoms with Crippen LogP contribution in [-0.2, 0) is 6.42 Å². The van der Waals surface area contributed by atoms with Crippen molar-refractivity contribution in [3.05, 3.63) is 35.4 Å². The van der Waals surface area contributed by atoms with Gasteiger partial charge in [0.05, 0.1) is 6.10 Å². The van der Waals surface area contributed by atoms with E-state index in [0.29, 0.717) is 0 Å². The predicted octanol–water partition coefficient (Wildman–Crippen LogP) is 3.55. The van der Waals surface area contributed by atoms with Gasteiger partial charge in [0.2, 0.25) is 0 Å². The van der Waals surface area contributed by atoms with Crippen molar-refractivity contribution in [1.82, 2.24) is 4.90 Å². The Morgan fingerprint density at radius 3 is 2.55 bits per heavy atom. The lowest BCUT2D eigenvalue weighted by Gasteiger charge is -2.46. The molecule has 2 nitrogen and oxygen atoms in total. The maximum Gasteiger partial charge on any atom is 0.0761 e. The topological polar surface area (TPSA) is 23.5 Å². The van der Waals surface area contributed by atoms with Gasteiger partial charge in [-0.15, -0.1) is 0 Å². The number of piperidine rings is 1. The zero-order chi connectivity index (χ0) is 14.6. The lowest BCUT2D eigenvalue weighted by Crippen LogP contribution is -2.56. The first-order chi connectivity index (χ1) is 9.56. The van der Waals surface area contributed by atoms with Crippen LogP contribution >= 0.6 is 0 Å². The van der Waals surface area contributed by atoms with Crippen LogP contribution in [0.25, 0.3) is 0 Å². The lowest BCUT2D eigenvalue weighted by atomic mass is 9.84. The van der Waals surface area contributed by atoms with Crippen molar-refractivity contribution in [2.75, 3.05) is 13.1 Å². The highest BCUT2D eigenvalue weighted by Gasteiger charge is 2.37. The summed E-state index contributed by atoms with van der Waals surface area (Å²) in [6, 6.07) is 8.51. The fourth-order valence-electron chi connectivity index (χ4n) is 3.36. The molecule has 1 fully saturated rings. The van der Waals surface area contributed by atoms with E-state index in [0.717, 1.165) is 25.9 Å². The Labute approximate surface area is 123 Å². The molecule has 1 aliphatic rings. The van der Waals surface area contributed by atoms with Crippen LogP contribution in [0.1, 0.15) is 50.7 Å². The van der Waals surface area contributed by atoms with Crippen molar-refractivity contribution < 1.29 is 5.11 Å². The first-order valence-electron chi connectivity index (χ1n) is 8.05. The van der Waals surface area contributed by atoms with Crippen LogP contribution in [0.3, 0.4) is 0 Å². The minimum atomic E-state index is -0.299. The molecular weight excluding hydrogens is 246 g/mol. The van der Waals surface area contributed by atoms with Gasteiger partial charge >= 0.3 is 0 Å². The molecule has 0 radical (unpaired) electrons. The Morgan fingerprint density at radius 1 is 1.25 bits per heavy atom. The van der Waals surface area contributed by atoms with E-state index in [4.69, 9.17) is 0 Å². The Kier molecular flexibility index (Phi) is 5.22. The van der Waals surface area contributed by atoms with E-state index >= 15 is 0 Å². The largest absolute Gasteiger partial charge is 0.391 e. The van der Waals surface area contributed by atoms with Crippen LogP contribution in [0.4, 0.5) is 0 Å². The SMILES string of the molecule is CCC(C)(C(O)Cc1cccc(C)c1)N1CCCCC1. The molecule has 1 saturated heterocycles. The first kappa shape index (κ1) is 15.5. The van der Waals surface area contributed by atoms with Crippen LogP contribution in [0.5, 0.6) is 0 Å². The van der Waals surface area contributed by atoms with Gasteiger partial charge in [-0.1, -0.05) is 43.2 Å². The molecule has 0 amide bonds. The fourth-order valence-corrected chi connectivity index (χ4v) is 3.36. The summed E-state index contributed by atoms with van der Waals surface area (Å²) in [6.07, 6.45) is 5.33. The predicted molar refractivity (Wildman–Crippen MR) is 85.0 cm³/mol. The summed E-state index contributed by atoms with van der Waals surface area (Å²) >= 11 is 0. The van der Waals surface area contributed by atoms with Gasteiger partial charge in [0, 0.05) is 12.0 Å². The van der Waals surface area contributed by atoms with Crippen molar-refractivity contribution in [1.29, 1.82) is 0 Å². The molecule has 0 bridgehead atoms. The summed E-state index contributed by atoms with van der Waals surface area (Å²) in [4.78, 5) is 2.51. The number of hydrogen-bond donors (Lipinski definition) is 1. The van der Waals surface area contributed by atoms with Gasteiger partial charge in [-0.3, -0.25) is 4.90 Å². The van der Waals surface area contributed by atoms with E-state index in [2.05, 4.69) is 49.9 Å². The molecular formula is C18H29NO. The normalized spacial score (nSPS) is 21.4. The number of aryl methyl sites for hydroxylation is 1. The quantitative estimate of drug-likeness (QED) is 0.888. The highest BCUT2D eigenvalue weighted by Crippen LogP contribution is 2.29. The number of benzene rings is 1. The summed E-state index contributed by atoms with van der Waals surface area (Å²) in [5.41, 5.74) is 2.42. The molecule has 1 N–H and O–H groups in total. The molecule has 2 atom stereocenters. The van der Waals surface area contributed by atoms with Gasteiger partial charge in [-0.05, 0) is 51.8 Å². The van der Waals surface area contributed by atoms with Crippen molar-refractivity contribution in [3.63, 3.8) is 0 Å². The van der Waals surface area contributed by atoms with E-state index < -0.39 is 0 Å². The van der Waals surface area contributed by atoms with Crippen molar-refractivity contribution in [3.8, 4) is 0 Å². The lowest BCUT2D eigenvalue weighted by molar-refractivity contribution is -0.0328. The number of aliphatic hydroxyl groups is 1. The third kappa shape index (κ3) is 3.42. The second kappa shape index (κ2) is 6.73. The van der Waals surface area contributed by atoms with Gasteiger partial charge in [0.15, 0.2) is 0 Å². The summed E-state index contributed by atoms with van der Waals surface area (Å²) in [6.45, 7) is 8.82. The molecule has 1 aromatic rings. The van der Waals surface area contributed by atoms with Gasteiger partial charge in [-0.2, -0.15) is 0 Å². The Bertz CT molecular complexity index is 425. The molecule has 1 aliphatic heterocycles. The zero-order valence-corrected chi connectivity index (χ0v) is 13.2. The highest BCUT2D eigenvalue weighted by molar-refractivity contribution is 5.23. The monoisotopic (exact) mass is 275 g/mol. The molecule has 2 rings (SSSR count). The van der Waals surface area contributed by atoms with Crippen LogP contribution in [0.2, 0.25) is 0 Å². The third-order valence-corrected chi connectivity index (χ3v) is 5.02. The fraction of sp³-hybridized carbons (Fsp3) is 0.667. The van der Waals surface area contributed by atoms with Gasteiger partial charge < -0.3 is 5.11 Å². The van der Waals surface area contributed by atoms with Crippen LogP contribution in [0, 0.1) is 6.92 Å². The van der Waals surface area contributed by atoms with E-state index in [9.17, 15) is 5.11 Å². The Hall–Kier alpha value is -0.860. The van der Waals surface area contributed by atoms with Crippen molar-refractivity contribution in [2.45, 2.75) is 64.5 Å². The molecule has 0 aliphatic carbocycles. The number of nitrogens with zero attached hydrogens (tertiary/aromatic N) is 1. The van der Waals surface area contributed by atoms with E-state index in [1.165, 1.54) is 30.4 Å². The second-order valence-corrected chi connectivity index (χ2v) is 6.47. The summed E-state index contributed by atoms with van der Waals surface area (Å²) in [5, 5.41) is 10.8. The average Bonchev–Trinajstić information content (AvgIpc) is 2.47. The molecule has 2 heteroatoms. The number of rotatable bonds is 5. The molecule has 1 aromatic carbocycles. The maximum atomic E-state index is 10.8. The first-order valence-corrected chi connectivity index (χ1v) is 8.05. The minimum Gasteiger partial charge on any atom is -0.391 e. The summed E-state index contributed by atoms with van der Waals surface area (Å²) < 4.78 is 0. The standard InChI is InChI=1S/C18H29NO/c1-4-18(3,19-11-6-5-7-12-19)17(20)14-16-10-8-9-15(2)13-16/h8-10,13,17,20H,4-7,11-12,14H2,1-3H3. The Balaban J connectivity index is 2.09. The molecule has 0 saturated carbocycles. The molecule has 0 spiro atoms. The van der Waals surface area contributed by atoms with Crippen LogP contribution < -0.4 is 0 Å². The number of likely N-dealkylation sites (tertiary alicyclic amines) is 1. The third-order valence-electron chi connectivity index (χ3n) is 5.02. The summed E-state index contributed by atoms with van der Waals surface area (Å²) in [5.74, 6) is 0. The van der Waals surface area contributed by atoms with Crippen molar-refractivity contribution >= 4 is 0 Å². The Morgan fingerprint density at radius 2 is 1.95 bits per heavy atom. The number of hydrogen-bond acceptors (Lipinski definition) is 2. The van der Waals surface area contributed by atoms with E-state index in [1.54, 1.807) is 0 Å². The van der Waals surface area contributed by atoms with E-state index in [-0.39, 0.29) is 11.6 Å². The van der Waals surface area contributed by atoms with E-state index in [1.807, 2.05) is 0 Å². The molecule has 1 heterocycles. The zero-order valence-electron chi connectivity index (χ0n) is 13.2. The van der Waals surface area contributed by atoms with Crippen LogP contribution in [-0.4, -0.2) is 34.7 Å². The number of aliphatic hydroxyl groups excluding tert-OH is 1. The van der Waals surface area contributed by atoms with Crippen molar-refractivity contribution in [2.24, 2.45) is 0 Å². The molecule has 20 heavy (non-hydrogen) atoms. The smallest absolute Gasteiger partial charge is 0.0761 e. The maximum absolute atomic E-state index is 10.8. The summed E-state index contributed by atoms with van der Waals surface area (Å²) in [7, 11) is 0. The van der Waals surface area contributed by atoms with Gasteiger partial charge in [-0.25, -0.2) is 0 Å². The van der Waals surface area contributed by atoms with Crippen LogP contribution in [0.15, 0.2) is 24.3 Å². The second-order valence-electron chi connectivity index (χ2n) is 6.47. The van der Waals surface area contributed by atoms with Gasteiger partial charge in [0.25, 0.3) is 0 Å². The molecule has 112 valence electrons. The molecule has 0 aromatic heterocycles. The average molecular weight is 275 g/mol. The molecule has 2 unspecified atom stereocenters.